The minimum absolute atomic E-state index is 0.00903. The first-order valence-corrected chi connectivity index (χ1v) is 13.7. The van der Waals surface area contributed by atoms with E-state index in [1.54, 1.807) is 0 Å². The summed E-state index contributed by atoms with van der Waals surface area (Å²) in [4.78, 5) is 34.0. The molecule has 1 spiro atoms. The van der Waals surface area contributed by atoms with Gasteiger partial charge in [-0.2, -0.15) is 0 Å². The van der Waals surface area contributed by atoms with Gasteiger partial charge in [0.2, 0.25) is 11.8 Å². The van der Waals surface area contributed by atoms with Crippen LogP contribution in [0.2, 0.25) is 0 Å². The van der Waals surface area contributed by atoms with Gasteiger partial charge in [-0.05, 0) is 70.4 Å². The fourth-order valence-corrected chi connectivity index (χ4v) is 7.23. The maximum Gasteiger partial charge on any atom is 0.245 e. The Hall–Kier alpha value is -1.96. The van der Waals surface area contributed by atoms with E-state index in [1.165, 1.54) is 5.56 Å². The Morgan fingerprint density at radius 1 is 1.14 bits per heavy atom. The lowest BCUT2D eigenvalue weighted by Gasteiger charge is -2.41. The number of amides is 2. The van der Waals surface area contributed by atoms with Gasteiger partial charge in [-0.25, -0.2) is 0 Å². The molecule has 0 aromatic heterocycles. The van der Waals surface area contributed by atoms with Crippen molar-refractivity contribution in [2.24, 2.45) is 5.73 Å². The van der Waals surface area contributed by atoms with E-state index in [2.05, 4.69) is 41.1 Å². The zero-order chi connectivity index (χ0) is 24.2. The highest BCUT2D eigenvalue weighted by Crippen LogP contribution is 2.54. The first kappa shape index (κ1) is 23.4. The summed E-state index contributed by atoms with van der Waals surface area (Å²) < 4.78 is 5.66. The van der Waals surface area contributed by atoms with Crippen LogP contribution in [0, 0.1) is 0 Å². The highest BCUT2D eigenvalue weighted by atomic mass is 16.5. The molecule has 1 aromatic carbocycles. The van der Waals surface area contributed by atoms with Crippen LogP contribution in [-0.2, 0) is 14.3 Å². The summed E-state index contributed by atoms with van der Waals surface area (Å²) in [5.74, 6) is 0.534. The lowest BCUT2D eigenvalue weighted by molar-refractivity contribution is -0.148. The number of fused-ring (bicyclic) bond motifs is 1. The Morgan fingerprint density at radius 2 is 1.91 bits per heavy atom. The quantitative estimate of drug-likeness (QED) is 0.701. The van der Waals surface area contributed by atoms with Crippen molar-refractivity contribution in [1.82, 2.24) is 14.7 Å². The SMILES string of the molecule is CN(C[C@@H]1CCO1)[C@H]1CC[C@H](N)C(=O)N2[C@H](CC[C@H]2C(=O)N2C[C@H](c3ccccc3)CC23CC3)C1. The summed E-state index contributed by atoms with van der Waals surface area (Å²) in [5.41, 5.74) is 7.76. The third kappa shape index (κ3) is 4.30. The van der Waals surface area contributed by atoms with Gasteiger partial charge in [0.25, 0.3) is 0 Å². The molecule has 35 heavy (non-hydrogen) atoms. The van der Waals surface area contributed by atoms with Crippen LogP contribution < -0.4 is 5.73 Å². The first-order chi connectivity index (χ1) is 16.9. The lowest BCUT2D eigenvalue weighted by Crippen LogP contribution is -2.58. The number of benzene rings is 1. The predicted molar refractivity (Wildman–Crippen MR) is 134 cm³/mol. The fourth-order valence-electron chi connectivity index (χ4n) is 7.23. The van der Waals surface area contributed by atoms with E-state index in [0.29, 0.717) is 24.5 Å². The number of hydrogen-bond donors (Lipinski definition) is 1. The van der Waals surface area contributed by atoms with Gasteiger partial charge in [-0.1, -0.05) is 30.3 Å². The molecule has 1 aromatic rings. The van der Waals surface area contributed by atoms with Gasteiger partial charge in [0.15, 0.2) is 0 Å². The number of carbonyl (C=O) groups is 2. The summed E-state index contributed by atoms with van der Waals surface area (Å²) >= 11 is 0. The molecule has 1 aliphatic carbocycles. The lowest BCUT2D eigenvalue weighted by atomic mass is 9.93. The van der Waals surface area contributed by atoms with E-state index in [9.17, 15) is 9.59 Å². The summed E-state index contributed by atoms with van der Waals surface area (Å²) in [7, 11) is 2.17. The number of rotatable bonds is 5. The van der Waals surface area contributed by atoms with Crippen LogP contribution in [0.5, 0.6) is 0 Å². The smallest absolute Gasteiger partial charge is 0.245 e. The first-order valence-electron chi connectivity index (χ1n) is 13.7. The second-order valence-corrected chi connectivity index (χ2v) is 11.8. The Labute approximate surface area is 208 Å². The van der Waals surface area contributed by atoms with Crippen molar-refractivity contribution < 1.29 is 14.3 Å². The average Bonchev–Trinajstić information content (AvgIpc) is 3.33. The summed E-state index contributed by atoms with van der Waals surface area (Å²) in [5, 5.41) is 0. The number of hydrogen-bond acceptors (Lipinski definition) is 5. The molecule has 1 saturated carbocycles. The molecular formula is C28H40N4O3. The largest absolute Gasteiger partial charge is 0.377 e. The molecule has 2 N–H and O–H groups in total. The number of carbonyl (C=O) groups excluding carboxylic acids is 2. The molecule has 2 amide bonds. The maximum atomic E-state index is 14.1. The van der Waals surface area contributed by atoms with Gasteiger partial charge < -0.3 is 25.2 Å². The fraction of sp³-hybridized carbons (Fsp3) is 0.714. The van der Waals surface area contributed by atoms with E-state index >= 15 is 0 Å². The Morgan fingerprint density at radius 3 is 2.60 bits per heavy atom. The second-order valence-electron chi connectivity index (χ2n) is 11.8. The predicted octanol–water partition coefficient (Wildman–Crippen LogP) is 2.50. The van der Waals surface area contributed by atoms with Crippen molar-refractivity contribution in [2.75, 3.05) is 26.7 Å². The Kier molecular flexibility index (Phi) is 6.14. The number of nitrogens with zero attached hydrogens (tertiary/aromatic N) is 3. The minimum Gasteiger partial charge on any atom is -0.377 e. The van der Waals surface area contributed by atoms with Crippen molar-refractivity contribution >= 4 is 11.8 Å². The van der Waals surface area contributed by atoms with Crippen LogP contribution in [0.3, 0.4) is 0 Å². The normalized spacial score (nSPS) is 36.1. The molecule has 4 saturated heterocycles. The summed E-state index contributed by atoms with van der Waals surface area (Å²) in [6, 6.07) is 10.2. The number of ether oxygens (including phenoxy) is 1. The van der Waals surface area contributed by atoms with E-state index < -0.39 is 6.04 Å². The topological polar surface area (TPSA) is 79.1 Å². The van der Waals surface area contributed by atoms with E-state index in [4.69, 9.17) is 10.5 Å². The van der Waals surface area contributed by atoms with Crippen LogP contribution in [0.1, 0.15) is 69.3 Å². The number of nitrogens with two attached hydrogens (primary N) is 1. The van der Waals surface area contributed by atoms with E-state index in [-0.39, 0.29) is 29.4 Å². The molecule has 5 fully saturated rings. The molecule has 0 radical (unpaired) electrons. The molecular weight excluding hydrogens is 440 g/mol. The molecule has 0 bridgehead atoms. The van der Waals surface area contributed by atoms with Gasteiger partial charge >= 0.3 is 0 Å². The van der Waals surface area contributed by atoms with Crippen molar-refractivity contribution in [1.29, 1.82) is 0 Å². The van der Waals surface area contributed by atoms with Crippen molar-refractivity contribution in [3.8, 4) is 0 Å². The monoisotopic (exact) mass is 480 g/mol. The molecule has 5 aliphatic rings. The second kappa shape index (κ2) is 9.16. The molecule has 7 heteroatoms. The van der Waals surface area contributed by atoms with Gasteiger partial charge in [-0.15, -0.1) is 0 Å². The molecule has 190 valence electrons. The van der Waals surface area contributed by atoms with Crippen LogP contribution in [-0.4, -0.2) is 89.1 Å². The van der Waals surface area contributed by atoms with Crippen molar-refractivity contribution in [3.63, 3.8) is 0 Å². The molecule has 7 nitrogen and oxygen atoms in total. The zero-order valence-electron chi connectivity index (χ0n) is 21.0. The van der Waals surface area contributed by atoms with Crippen molar-refractivity contribution in [2.45, 2.75) is 99.5 Å². The maximum absolute atomic E-state index is 14.1. The van der Waals surface area contributed by atoms with Crippen LogP contribution >= 0.6 is 0 Å². The number of likely N-dealkylation sites (tertiary alicyclic amines) is 1. The highest BCUT2D eigenvalue weighted by Gasteiger charge is 2.58. The van der Waals surface area contributed by atoms with Gasteiger partial charge in [0.05, 0.1) is 12.1 Å². The van der Waals surface area contributed by atoms with Gasteiger partial charge in [0, 0.05) is 43.2 Å². The average molecular weight is 481 g/mol. The standard InChI is InChI=1S/C28H40N4O3/c1-30(18-23-11-14-35-23)21-7-9-24(29)26(33)32-22(15-21)8-10-25(32)27(34)31-17-20(16-28(31)12-13-28)19-5-3-2-4-6-19/h2-6,20-25H,7-18,29H2,1H3/t20-,21+,22-,23+,24+,25+/m1/s1. The van der Waals surface area contributed by atoms with Crippen molar-refractivity contribution in [3.05, 3.63) is 35.9 Å². The third-order valence-electron chi connectivity index (χ3n) is 9.59. The van der Waals surface area contributed by atoms with Crippen LogP contribution in [0.4, 0.5) is 0 Å². The minimum atomic E-state index is -0.521. The molecule has 4 aliphatic heterocycles. The van der Waals surface area contributed by atoms with Gasteiger partial charge in [-0.3, -0.25) is 9.59 Å². The van der Waals surface area contributed by atoms with Crippen LogP contribution in [0.25, 0.3) is 0 Å². The zero-order valence-corrected chi connectivity index (χ0v) is 21.0. The Bertz CT molecular complexity index is 947. The third-order valence-corrected chi connectivity index (χ3v) is 9.59. The van der Waals surface area contributed by atoms with E-state index in [0.717, 1.165) is 71.1 Å². The molecule has 6 rings (SSSR count). The molecule has 4 heterocycles. The summed E-state index contributed by atoms with van der Waals surface area (Å²) in [6.07, 6.45) is 8.84. The van der Waals surface area contributed by atoms with Crippen LogP contribution in [0.15, 0.2) is 30.3 Å². The highest BCUT2D eigenvalue weighted by molar-refractivity contribution is 5.91. The molecule has 0 unspecified atom stereocenters. The van der Waals surface area contributed by atoms with Gasteiger partial charge in [0.1, 0.15) is 6.04 Å². The summed E-state index contributed by atoms with van der Waals surface area (Å²) in [6.45, 7) is 2.57. The number of likely N-dealkylation sites (N-methyl/N-ethyl adjacent to an activating group) is 1. The van der Waals surface area contributed by atoms with E-state index in [1.807, 2.05) is 11.0 Å². The molecule has 6 atom stereocenters. The Balaban J connectivity index is 1.19.